The molecule has 0 aromatic heterocycles. The van der Waals surface area contributed by atoms with Crippen molar-refractivity contribution in [3.05, 3.63) is 32.4 Å². The Bertz CT molecular complexity index is 510. The molecule has 2 aliphatic heterocycles. The van der Waals surface area contributed by atoms with E-state index in [1.807, 2.05) is 17.8 Å². The minimum absolute atomic E-state index is 0.0790. The second-order valence-corrected chi connectivity index (χ2v) is 8.58. The van der Waals surface area contributed by atoms with Crippen LogP contribution in [0.4, 0.5) is 0 Å². The second kappa shape index (κ2) is 6.93. The van der Waals surface area contributed by atoms with Crippen LogP contribution in [0.5, 0.6) is 0 Å². The lowest BCUT2D eigenvalue weighted by Gasteiger charge is -2.41. The zero-order valence-corrected chi connectivity index (χ0v) is 15.5. The number of nitrogens with one attached hydrogen (secondary N) is 1. The summed E-state index contributed by atoms with van der Waals surface area (Å²) in [7, 11) is 0. The highest BCUT2D eigenvalue weighted by atomic mass is 127. The molecule has 3 rings (SSSR count). The molecule has 3 N–H and O–H groups in total. The van der Waals surface area contributed by atoms with E-state index in [4.69, 9.17) is 22.2 Å². The molecule has 2 fully saturated rings. The van der Waals surface area contributed by atoms with Crippen LogP contribution in [0.3, 0.4) is 0 Å². The molecular weight excluding hydrogens is 419 g/mol. The first-order valence-corrected chi connectivity index (χ1v) is 9.87. The van der Waals surface area contributed by atoms with Gasteiger partial charge < -0.3 is 4.74 Å². The minimum Gasteiger partial charge on any atom is -0.374 e. The first kappa shape index (κ1) is 16.3. The van der Waals surface area contributed by atoms with E-state index in [1.165, 1.54) is 17.7 Å². The number of hydrogen-bond donors (Lipinski definition) is 2. The maximum atomic E-state index is 6.27. The molecule has 1 aromatic carbocycles. The van der Waals surface area contributed by atoms with Gasteiger partial charge >= 0.3 is 0 Å². The van der Waals surface area contributed by atoms with Crippen LogP contribution in [0.1, 0.15) is 30.9 Å². The maximum Gasteiger partial charge on any atom is 0.0783 e. The SMILES string of the molecule is NNC(c1ccc(I)c(Cl)c1)C1CCOC2(CCSC2)C1. The third-order valence-corrected chi connectivity index (χ3v) is 7.35. The Morgan fingerprint density at radius 2 is 2.38 bits per heavy atom. The molecule has 0 saturated carbocycles. The number of nitrogens with two attached hydrogens (primary N) is 1. The second-order valence-electron chi connectivity index (χ2n) is 5.90. The molecule has 2 aliphatic rings. The smallest absolute Gasteiger partial charge is 0.0783 e. The van der Waals surface area contributed by atoms with Crippen LogP contribution in [0, 0.1) is 9.49 Å². The van der Waals surface area contributed by atoms with Gasteiger partial charge in [0.2, 0.25) is 0 Å². The summed E-state index contributed by atoms with van der Waals surface area (Å²) in [5.41, 5.74) is 4.27. The van der Waals surface area contributed by atoms with Crippen LogP contribution >= 0.6 is 46.0 Å². The Kier molecular flexibility index (Phi) is 5.39. The van der Waals surface area contributed by atoms with Crippen molar-refractivity contribution in [2.75, 3.05) is 18.1 Å². The first-order valence-electron chi connectivity index (χ1n) is 7.26. The number of benzene rings is 1. The molecule has 6 heteroatoms. The molecule has 0 bridgehead atoms. The van der Waals surface area contributed by atoms with Crippen LogP contribution < -0.4 is 11.3 Å². The summed E-state index contributed by atoms with van der Waals surface area (Å²) in [5, 5.41) is 0.798. The zero-order valence-electron chi connectivity index (χ0n) is 11.8. The van der Waals surface area contributed by atoms with E-state index in [1.54, 1.807) is 0 Å². The first-order chi connectivity index (χ1) is 10.1. The van der Waals surface area contributed by atoms with Crippen molar-refractivity contribution >= 4 is 46.0 Å². The maximum absolute atomic E-state index is 6.27. The molecule has 3 nitrogen and oxygen atoms in total. The normalized spacial score (nSPS) is 30.7. The fourth-order valence-corrected chi connectivity index (χ4v) is 5.33. The van der Waals surface area contributed by atoms with Crippen LogP contribution in [0.25, 0.3) is 0 Å². The Labute approximate surface area is 148 Å². The van der Waals surface area contributed by atoms with E-state index in [2.05, 4.69) is 40.1 Å². The number of halogens is 2. The van der Waals surface area contributed by atoms with Gasteiger partial charge in [-0.25, -0.2) is 0 Å². The number of thioether (sulfide) groups is 1. The molecular formula is C15H20ClIN2OS. The summed E-state index contributed by atoms with van der Waals surface area (Å²) < 4.78 is 7.19. The van der Waals surface area contributed by atoms with Gasteiger partial charge in [0, 0.05) is 22.0 Å². The molecule has 3 unspecified atom stereocenters. The molecule has 116 valence electrons. The predicted molar refractivity (Wildman–Crippen MR) is 97.6 cm³/mol. The summed E-state index contributed by atoms with van der Waals surface area (Å²) in [6, 6.07) is 6.37. The van der Waals surface area contributed by atoms with Gasteiger partial charge in [-0.05, 0) is 71.2 Å². The zero-order chi connectivity index (χ0) is 14.9. The highest BCUT2D eigenvalue weighted by Crippen LogP contribution is 2.44. The van der Waals surface area contributed by atoms with Crippen molar-refractivity contribution in [2.24, 2.45) is 11.8 Å². The van der Waals surface area contributed by atoms with Crippen molar-refractivity contribution in [1.29, 1.82) is 0 Å². The van der Waals surface area contributed by atoms with Crippen molar-refractivity contribution in [3.8, 4) is 0 Å². The lowest BCUT2D eigenvalue weighted by molar-refractivity contribution is -0.0854. The van der Waals surface area contributed by atoms with Crippen molar-refractivity contribution < 1.29 is 4.74 Å². The summed E-state index contributed by atoms with van der Waals surface area (Å²) in [6.07, 6.45) is 3.29. The van der Waals surface area contributed by atoms with Gasteiger partial charge in [-0.2, -0.15) is 11.8 Å². The Balaban J connectivity index is 1.80. The topological polar surface area (TPSA) is 47.3 Å². The lowest BCUT2D eigenvalue weighted by atomic mass is 9.79. The van der Waals surface area contributed by atoms with E-state index in [-0.39, 0.29) is 11.6 Å². The summed E-state index contributed by atoms with van der Waals surface area (Å²) >= 11 is 10.5. The van der Waals surface area contributed by atoms with E-state index < -0.39 is 0 Å². The quantitative estimate of drug-likeness (QED) is 0.429. The summed E-state index contributed by atoms with van der Waals surface area (Å²) in [4.78, 5) is 0. The van der Waals surface area contributed by atoms with Gasteiger partial charge in [-0.1, -0.05) is 17.7 Å². The number of rotatable bonds is 3. The fourth-order valence-electron chi connectivity index (χ4n) is 3.42. The lowest BCUT2D eigenvalue weighted by Crippen LogP contribution is -2.45. The molecule has 1 aromatic rings. The molecule has 2 saturated heterocycles. The van der Waals surface area contributed by atoms with Gasteiger partial charge in [0.05, 0.1) is 10.6 Å². The molecule has 0 amide bonds. The predicted octanol–water partition coefficient (Wildman–Crippen LogP) is 3.75. The van der Waals surface area contributed by atoms with Gasteiger partial charge in [-0.15, -0.1) is 0 Å². The third-order valence-electron chi connectivity index (χ3n) is 4.55. The number of hydrazine groups is 1. The summed E-state index contributed by atoms with van der Waals surface area (Å²) in [6.45, 7) is 0.835. The molecule has 3 atom stereocenters. The minimum atomic E-state index is 0.0790. The third kappa shape index (κ3) is 3.53. The van der Waals surface area contributed by atoms with Gasteiger partial charge in [0.15, 0.2) is 0 Å². The van der Waals surface area contributed by atoms with E-state index in [0.717, 1.165) is 33.8 Å². The van der Waals surface area contributed by atoms with E-state index in [9.17, 15) is 0 Å². The van der Waals surface area contributed by atoms with E-state index in [0.29, 0.717) is 5.92 Å². The Hall–Kier alpha value is 0.470. The number of ether oxygens (including phenoxy) is 1. The largest absolute Gasteiger partial charge is 0.374 e. The summed E-state index contributed by atoms with van der Waals surface area (Å²) in [5.74, 6) is 8.70. The van der Waals surface area contributed by atoms with Crippen molar-refractivity contribution in [3.63, 3.8) is 0 Å². The van der Waals surface area contributed by atoms with Crippen LogP contribution in [0.2, 0.25) is 5.02 Å². The van der Waals surface area contributed by atoms with Gasteiger partial charge in [0.25, 0.3) is 0 Å². The highest BCUT2D eigenvalue weighted by Gasteiger charge is 2.42. The van der Waals surface area contributed by atoms with E-state index >= 15 is 0 Å². The van der Waals surface area contributed by atoms with Crippen LogP contribution in [-0.2, 0) is 4.74 Å². The van der Waals surface area contributed by atoms with Gasteiger partial charge in [0.1, 0.15) is 0 Å². The van der Waals surface area contributed by atoms with Crippen molar-refractivity contribution in [2.45, 2.75) is 30.9 Å². The fraction of sp³-hybridized carbons (Fsp3) is 0.600. The number of hydrogen-bond acceptors (Lipinski definition) is 4. The van der Waals surface area contributed by atoms with Crippen LogP contribution in [0.15, 0.2) is 18.2 Å². The molecule has 21 heavy (non-hydrogen) atoms. The Morgan fingerprint density at radius 3 is 3.05 bits per heavy atom. The van der Waals surface area contributed by atoms with Crippen molar-refractivity contribution in [1.82, 2.24) is 5.43 Å². The standard InChI is InChI=1S/C15H20ClIN2OS/c16-12-7-10(1-2-13(12)17)14(19-18)11-3-5-20-15(8-11)4-6-21-9-15/h1-2,7,11,14,19H,3-6,8-9,18H2. The van der Waals surface area contributed by atoms with Gasteiger partial charge in [-0.3, -0.25) is 11.3 Å². The van der Waals surface area contributed by atoms with Crippen LogP contribution in [-0.4, -0.2) is 23.7 Å². The Morgan fingerprint density at radius 1 is 1.52 bits per heavy atom. The average Bonchev–Trinajstić information content (AvgIpc) is 2.91. The molecule has 1 spiro atoms. The monoisotopic (exact) mass is 438 g/mol. The molecule has 0 radical (unpaired) electrons. The highest BCUT2D eigenvalue weighted by molar-refractivity contribution is 14.1. The average molecular weight is 439 g/mol. The molecule has 0 aliphatic carbocycles. The molecule has 2 heterocycles.